The molecule has 3 aliphatic rings. The van der Waals surface area contributed by atoms with E-state index in [-0.39, 0.29) is 11.5 Å². The molecule has 5 nitrogen and oxygen atoms in total. The average Bonchev–Trinajstić information content (AvgIpc) is 3.29. The SMILES string of the molecule is CCCOc1ccc(C(=O)N2C[C@@H]3[C@H](CN(C)C)[C@H]4CC[C@]3(C2)O4)cc1. The molecule has 26 heavy (non-hydrogen) atoms. The molecule has 0 unspecified atom stereocenters. The Balaban J connectivity index is 1.45. The minimum Gasteiger partial charge on any atom is -0.494 e. The molecule has 3 saturated heterocycles. The van der Waals surface area contributed by atoms with Gasteiger partial charge in [0.05, 0.1) is 24.9 Å². The van der Waals surface area contributed by atoms with Crippen molar-refractivity contribution in [3.05, 3.63) is 29.8 Å². The van der Waals surface area contributed by atoms with Crippen molar-refractivity contribution in [1.29, 1.82) is 0 Å². The predicted molar refractivity (Wildman–Crippen MR) is 101 cm³/mol. The van der Waals surface area contributed by atoms with Crippen molar-refractivity contribution in [3.63, 3.8) is 0 Å². The fourth-order valence-electron chi connectivity index (χ4n) is 5.11. The molecule has 142 valence electrons. The van der Waals surface area contributed by atoms with E-state index in [1.165, 1.54) is 0 Å². The lowest BCUT2D eigenvalue weighted by molar-refractivity contribution is 0.00256. The number of amides is 1. The highest BCUT2D eigenvalue weighted by atomic mass is 16.5. The minimum absolute atomic E-state index is 0.0921. The molecule has 0 N–H and O–H groups in total. The Hall–Kier alpha value is -1.59. The van der Waals surface area contributed by atoms with Gasteiger partial charge in [-0.3, -0.25) is 4.79 Å². The minimum atomic E-state index is -0.0921. The standard InChI is InChI=1S/C21H30N2O3/c1-4-11-25-16-7-5-15(6-8-16)20(24)23-13-18-17(12-22(2)3)19-9-10-21(18,14-23)26-19/h5-8,17-19H,4,9-14H2,1-3H3/t17-,18+,19+,21+/m0/s1. The van der Waals surface area contributed by atoms with Crippen LogP contribution in [0.15, 0.2) is 24.3 Å². The summed E-state index contributed by atoms with van der Waals surface area (Å²) in [5.41, 5.74) is 0.648. The molecule has 3 heterocycles. The van der Waals surface area contributed by atoms with Crippen molar-refractivity contribution in [2.45, 2.75) is 37.9 Å². The number of nitrogens with zero attached hydrogens (tertiary/aromatic N) is 2. The molecular formula is C21H30N2O3. The highest BCUT2D eigenvalue weighted by Gasteiger charge is 2.63. The third kappa shape index (κ3) is 3.01. The molecule has 0 saturated carbocycles. The Morgan fingerprint density at radius 3 is 2.81 bits per heavy atom. The van der Waals surface area contributed by atoms with Crippen LogP contribution in [0.2, 0.25) is 0 Å². The molecule has 1 spiro atoms. The first-order valence-corrected chi connectivity index (χ1v) is 9.87. The molecule has 0 radical (unpaired) electrons. The lowest BCUT2D eigenvalue weighted by atomic mass is 9.73. The lowest BCUT2D eigenvalue weighted by Crippen LogP contribution is -2.40. The molecule has 5 heteroatoms. The van der Waals surface area contributed by atoms with Crippen LogP contribution < -0.4 is 4.74 Å². The molecule has 1 aromatic carbocycles. The largest absolute Gasteiger partial charge is 0.494 e. The van der Waals surface area contributed by atoms with Gasteiger partial charge in [-0.15, -0.1) is 0 Å². The van der Waals surface area contributed by atoms with E-state index in [0.717, 1.165) is 50.2 Å². The summed E-state index contributed by atoms with van der Waals surface area (Å²) >= 11 is 0. The molecule has 1 aromatic rings. The average molecular weight is 358 g/mol. The number of carbonyl (C=O) groups excluding carboxylic acids is 1. The molecule has 4 atom stereocenters. The molecule has 2 bridgehead atoms. The third-order valence-corrected chi connectivity index (χ3v) is 6.22. The summed E-state index contributed by atoms with van der Waals surface area (Å²) in [6.07, 6.45) is 3.60. The molecule has 1 amide bonds. The second kappa shape index (κ2) is 6.86. The van der Waals surface area contributed by atoms with Crippen LogP contribution in [-0.2, 0) is 4.74 Å². The van der Waals surface area contributed by atoms with Gasteiger partial charge in [0, 0.05) is 30.5 Å². The molecule has 0 aromatic heterocycles. The van der Waals surface area contributed by atoms with Gasteiger partial charge in [-0.1, -0.05) is 6.92 Å². The lowest BCUT2D eigenvalue weighted by Gasteiger charge is -2.30. The van der Waals surface area contributed by atoms with Crippen molar-refractivity contribution in [3.8, 4) is 5.75 Å². The highest BCUT2D eigenvalue weighted by Crippen LogP contribution is 2.55. The molecule has 4 rings (SSSR count). The summed E-state index contributed by atoms with van der Waals surface area (Å²) in [5.74, 6) is 1.96. The summed E-state index contributed by atoms with van der Waals surface area (Å²) in [7, 11) is 4.25. The Kier molecular flexibility index (Phi) is 4.70. The smallest absolute Gasteiger partial charge is 0.253 e. The number of ether oxygens (including phenoxy) is 2. The van der Waals surface area contributed by atoms with Gasteiger partial charge < -0.3 is 19.3 Å². The van der Waals surface area contributed by atoms with Crippen LogP contribution in [0.1, 0.15) is 36.5 Å². The zero-order valence-electron chi connectivity index (χ0n) is 16.1. The van der Waals surface area contributed by atoms with E-state index in [1.54, 1.807) is 0 Å². The topological polar surface area (TPSA) is 42.0 Å². The highest BCUT2D eigenvalue weighted by molar-refractivity contribution is 5.94. The van der Waals surface area contributed by atoms with E-state index in [9.17, 15) is 4.79 Å². The van der Waals surface area contributed by atoms with E-state index in [1.807, 2.05) is 29.2 Å². The maximum atomic E-state index is 13.0. The number of hydrogen-bond donors (Lipinski definition) is 0. The van der Waals surface area contributed by atoms with Crippen LogP contribution in [0, 0.1) is 11.8 Å². The Labute approximate surface area is 156 Å². The van der Waals surface area contributed by atoms with Gasteiger partial charge in [0.2, 0.25) is 0 Å². The summed E-state index contributed by atoms with van der Waals surface area (Å²) in [6, 6.07) is 7.56. The van der Waals surface area contributed by atoms with E-state index >= 15 is 0 Å². The fourth-order valence-corrected chi connectivity index (χ4v) is 5.11. The summed E-state index contributed by atoms with van der Waals surface area (Å²) in [6.45, 7) is 5.39. The normalized spacial score (nSPS) is 32.3. The fraction of sp³-hybridized carbons (Fsp3) is 0.667. The van der Waals surface area contributed by atoms with Crippen molar-refractivity contribution in [2.75, 3.05) is 40.3 Å². The first-order chi connectivity index (χ1) is 12.5. The number of rotatable bonds is 6. The van der Waals surface area contributed by atoms with Gasteiger partial charge in [-0.2, -0.15) is 0 Å². The first-order valence-electron chi connectivity index (χ1n) is 9.87. The van der Waals surface area contributed by atoms with Crippen LogP contribution >= 0.6 is 0 Å². The molecule has 0 aliphatic carbocycles. The van der Waals surface area contributed by atoms with E-state index in [0.29, 0.717) is 24.5 Å². The Bertz CT molecular complexity index is 660. The first kappa shape index (κ1) is 17.8. The third-order valence-electron chi connectivity index (χ3n) is 6.22. The Morgan fingerprint density at radius 2 is 2.12 bits per heavy atom. The number of benzene rings is 1. The van der Waals surface area contributed by atoms with Gasteiger partial charge in [0.25, 0.3) is 5.91 Å². The van der Waals surface area contributed by atoms with Crippen molar-refractivity contribution >= 4 is 5.91 Å². The second-order valence-corrected chi connectivity index (χ2v) is 8.35. The van der Waals surface area contributed by atoms with E-state index in [4.69, 9.17) is 9.47 Å². The van der Waals surface area contributed by atoms with Gasteiger partial charge in [-0.25, -0.2) is 0 Å². The van der Waals surface area contributed by atoms with Gasteiger partial charge >= 0.3 is 0 Å². The predicted octanol–water partition coefficient (Wildman–Crippen LogP) is 2.66. The quantitative estimate of drug-likeness (QED) is 0.784. The van der Waals surface area contributed by atoms with Crippen LogP contribution in [-0.4, -0.2) is 67.7 Å². The summed E-state index contributed by atoms with van der Waals surface area (Å²) < 4.78 is 12.1. The Morgan fingerprint density at radius 1 is 1.35 bits per heavy atom. The van der Waals surface area contributed by atoms with Crippen molar-refractivity contribution in [2.24, 2.45) is 11.8 Å². The van der Waals surface area contributed by atoms with E-state index in [2.05, 4.69) is 25.9 Å². The number of carbonyl (C=O) groups is 1. The maximum absolute atomic E-state index is 13.0. The van der Waals surface area contributed by atoms with Crippen LogP contribution in [0.25, 0.3) is 0 Å². The second-order valence-electron chi connectivity index (χ2n) is 8.35. The van der Waals surface area contributed by atoms with Crippen molar-refractivity contribution < 1.29 is 14.3 Å². The molecular weight excluding hydrogens is 328 g/mol. The number of likely N-dealkylation sites (tertiary alicyclic amines) is 1. The van der Waals surface area contributed by atoms with Gasteiger partial charge in [0.15, 0.2) is 0 Å². The molecule has 3 aliphatic heterocycles. The van der Waals surface area contributed by atoms with Crippen LogP contribution in [0.4, 0.5) is 0 Å². The number of fused-ring (bicyclic) bond motifs is 1. The monoisotopic (exact) mass is 358 g/mol. The molecule has 3 fully saturated rings. The summed E-state index contributed by atoms with van der Waals surface area (Å²) in [5, 5.41) is 0. The summed E-state index contributed by atoms with van der Waals surface area (Å²) in [4.78, 5) is 17.3. The van der Waals surface area contributed by atoms with Gasteiger partial charge in [0.1, 0.15) is 5.75 Å². The van der Waals surface area contributed by atoms with Gasteiger partial charge in [-0.05, 0) is 57.6 Å². The maximum Gasteiger partial charge on any atom is 0.253 e. The zero-order valence-corrected chi connectivity index (χ0v) is 16.1. The zero-order chi connectivity index (χ0) is 18.3. The number of hydrogen-bond acceptors (Lipinski definition) is 4. The van der Waals surface area contributed by atoms with Crippen molar-refractivity contribution in [1.82, 2.24) is 9.80 Å². The van der Waals surface area contributed by atoms with Crippen LogP contribution in [0.3, 0.4) is 0 Å². The van der Waals surface area contributed by atoms with E-state index < -0.39 is 0 Å². The van der Waals surface area contributed by atoms with Crippen LogP contribution in [0.5, 0.6) is 5.75 Å².